The van der Waals surface area contributed by atoms with Crippen LogP contribution in [0, 0.1) is 0 Å². The molecule has 3 aromatic rings. The molecule has 0 aliphatic carbocycles. The molecule has 2 aromatic heterocycles. The molecule has 0 amide bonds. The number of nitrogens with zero attached hydrogens (tertiary/aromatic N) is 1. The molecular formula is C20H22N2O3S2. The highest BCUT2D eigenvalue weighted by molar-refractivity contribution is 7.99. The van der Waals surface area contributed by atoms with E-state index in [0.29, 0.717) is 27.9 Å². The van der Waals surface area contributed by atoms with Crippen LogP contribution in [0.3, 0.4) is 0 Å². The largest absolute Gasteiger partial charge is 0.465 e. The molecule has 27 heavy (non-hydrogen) atoms. The summed E-state index contributed by atoms with van der Waals surface area (Å²) in [7, 11) is 0. The number of rotatable bonds is 7. The quantitative estimate of drug-likeness (QED) is 0.348. The van der Waals surface area contributed by atoms with Crippen LogP contribution in [0.2, 0.25) is 0 Å². The number of thiophene rings is 1. The summed E-state index contributed by atoms with van der Waals surface area (Å²) in [6, 6.07) is 8.28. The summed E-state index contributed by atoms with van der Waals surface area (Å²) in [6.45, 7) is 6.66. The van der Waals surface area contributed by atoms with Gasteiger partial charge in [0, 0.05) is 10.9 Å². The van der Waals surface area contributed by atoms with Crippen molar-refractivity contribution in [3.63, 3.8) is 0 Å². The number of aromatic amines is 1. The Kier molecular flexibility index (Phi) is 6.34. The van der Waals surface area contributed by atoms with Crippen LogP contribution in [0.4, 0.5) is 0 Å². The molecule has 0 aliphatic rings. The van der Waals surface area contributed by atoms with Crippen LogP contribution in [0.1, 0.15) is 38.7 Å². The first-order valence-corrected chi connectivity index (χ1v) is 10.8. The molecule has 0 radical (unpaired) electrons. The molecule has 1 N–H and O–H groups in total. The smallest absolute Gasteiger partial charge is 0.316 e. The van der Waals surface area contributed by atoms with Crippen LogP contribution in [-0.4, -0.2) is 28.3 Å². The van der Waals surface area contributed by atoms with Gasteiger partial charge in [-0.3, -0.25) is 9.59 Å². The maximum atomic E-state index is 12.6. The van der Waals surface area contributed by atoms with Gasteiger partial charge in [-0.15, -0.1) is 11.3 Å². The molecule has 5 nitrogen and oxygen atoms in total. The highest BCUT2D eigenvalue weighted by Crippen LogP contribution is 2.32. The monoisotopic (exact) mass is 402 g/mol. The van der Waals surface area contributed by atoms with Gasteiger partial charge in [-0.1, -0.05) is 56.8 Å². The Morgan fingerprint density at radius 2 is 2.04 bits per heavy atom. The van der Waals surface area contributed by atoms with E-state index in [9.17, 15) is 9.59 Å². The van der Waals surface area contributed by atoms with E-state index in [4.69, 9.17) is 4.74 Å². The number of aromatic nitrogens is 2. The summed E-state index contributed by atoms with van der Waals surface area (Å²) in [5.41, 5.74) is 2.96. The minimum atomic E-state index is -0.304. The van der Waals surface area contributed by atoms with Gasteiger partial charge in [0.1, 0.15) is 4.83 Å². The van der Waals surface area contributed by atoms with Gasteiger partial charge < -0.3 is 9.72 Å². The molecule has 0 saturated carbocycles. The fourth-order valence-corrected chi connectivity index (χ4v) is 4.31. The van der Waals surface area contributed by atoms with E-state index in [2.05, 4.69) is 35.9 Å². The highest BCUT2D eigenvalue weighted by Gasteiger charge is 2.14. The lowest BCUT2D eigenvalue weighted by Crippen LogP contribution is -2.11. The van der Waals surface area contributed by atoms with Crippen molar-refractivity contribution in [3.05, 3.63) is 45.6 Å². The van der Waals surface area contributed by atoms with Gasteiger partial charge in [-0.25, -0.2) is 4.98 Å². The summed E-state index contributed by atoms with van der Waals surface area (Å²) in [5, 5.41) is 2.99. The second-order valence-corrected chi connectivity index (χ2v) is 8.31. The number of carbonyl (C=O) groups excluding carboxylic acids is 1. The molecule has 0 spiro atoms. The average molecular weight is 403 g/mol. The number of esters is 1. The highest BCUT2D eigenvalue weighted by atomic mass is 32.2. The molecule has 0 unspecified atom stereocenters. The van der Waals surface area contributed by atoms with E-state index in [-0.39, 0.29) is 17.3 Å². The second-order valence-electron chi connectivity index (χ2n) is 6.49. The van der Waals surface area contributed by atoms with Gasteiger partial charge in [0.25, 0.3) is 5.56 Å². The van der Waals surface area contributed by atoms with Gasteiger partial charge in [-0.05, 0) is 23.5 Å². The predicted molar refractivity (Wildman–Crippen MR) is 112 cm³/mol. The number of ether oxygens (including phenoxy) is 1. The lowest BCUT2D eigenvalue weighted by Gasteiger charge is -2.06. The Bertz CT molecular complexity index is 991. The number of benzene rings is 1. The number of thioether (sulfide) groups is 1. The zero-order valence-corrected chi connectivity index (χ0v) is 17.2. The fraction of sp³-hybridized carbons (Fsp3) is 0.350. The lowest BCUT2D eigenvalue weighted by atomic mass is 9.99. The predicted octanol–water partition coefficient (Wildman–Crippen LogP) is 4.82. The van der Waals surface area contributed by atoms with Crippen LogP contribution in [0.5, 0.6) is 0 Å². The molecule has 0 saturated heterocycles. The van der Waals surface area contributed by atoms with Crippen LogP contribution in [0.25, 0.3) is 21.3 Å². The Balaban J connectivity index is 1.84. The Morgan fingerprint density at radius 3 is 2.70 bits per heavy atom. The van der Waals surface area contributed by atoms with Gasteiger partial charge in [0.05, 0.1) is 17.7 Å². The van der Waals surface area contributed by atoms with E-state index in [1.807, 2.05) is 24.4 Å². The number of hydrogen-bond acceptors (Lipinski definition) is 6. The SMILES string of the molecule is CCCOC(=O)CSc1nc2scc(-c3ccc(C(C)C)cc3)c2c(=O)[nH]1. The van der Waals surface area contributed by atoms with Crippen molar-refractivity contribution in [2.45, 2.75) is 38.3 Å². The van der Waals surface area contributed by atoms with E-state index in [1.165, 1.54) is 28.7 Å². The molecule has 0 atom stereocenters. The summed E-state index contributed by atoms with van der Waals surface area (Å²) in [6.07, 6.45) is 0.785. The van der Waals surface area contributed by atoms with Crippen molar-refractivity contribution in [3.8, 4) is 11.1 Å². The third kappa shape index (κ3) is 4.59. The lowest BCUT2D eigenvalue weighted by molar-refractivity contribution is -0.140. The zero-order chi connectivity index (χ0) is 19.4. The van der Waals surface area contributed by atoms with Crippen LogP contribution >= 0.6 is 23.1 Å². The molecule has 7 heteroatoms. The molecule has 0 aliphatic heterocycles. The number of carbonyl (C=O) groups is 1. The molecule has 142 valence electrons. The van der Waals surface area contributed by atoms with Gasteiger partial charge >= 0.3 is 5.97 Å². The van der Waals surface area contributed by atoms with Crippen molar-refractivity contribution < 1.29 is 9.53 Å². The van der Waals surface area contributed by atoms with Gasteiger partial charge in [0.2, 0.25) is 0 Å². The molecule has 3 rings (SSSR count). The van der Waals surface area contributed by atoms with E-state index in [0.717, 1.165) is 17.5 Å². The number of H-pyrrole nitrogens is 1. The molecule has 1 aromatic carbocycles. The molecule has 0 fully saturated rings. The molecule has 2 heterocycles. The average Bonchev–Trinajstić information content (AvgIpc) is 3.09. The van der Waals surface area contributed by atoms with Crippen molar-refractivity contribution in [1.82, 2.24) is 9.97 Å². The topological polar surface area (TPSA) is 72.0 Å². The Hall–Kier alpha value is -2.12. The first-order chi connectivity index (χ1) is 13.0. The van der Waals surface area contributed by atoms with Gasteiger partial charge in [0.15, 0.2) is 5.16 Å². The first kappa shape index (κ1) is 19.6. The Labute approximate surface area is 166 Å². The van der Waals surface area contributed by atoms with Crippen LogP contribution in [0.15, 0.2) is 39.6 Å². The van der Waals surface area contributed by atoms with E-state index < -0.39 is 0 Å². The van der Waals surface area contributed by atoms with Crippen molar-refractivity contribution >= 4 is 39.3 Å². The third-order valence-corrected chi connectivity index (χ3v) is 5.82. The maximum Gasteiger partial charge on any atom is 0.316 e. The molecular weight excluding hydrogens is 380 g/mol. The number of fused-ring (bicyclic) bond motifs is 1. The second kappa shape index (κ2) is 8.71. The zero-order valence-electron chi connectivity index (χ0n) is 15.6. The van der Waals surface area contributed by atoms with Crippen LogP contribution < -0.4 is 5.56 Å². The minimum absolute atomic E-state index is 0.128. The van der Waals surface area contributed by atoms with Crippen molar-refractivity contribution in [2.75, 3.05) is 12.4 Å². The van der Waals surface area contributed by atoms with Crippen molar-refractivity contribution in [1.29, 1.82) is 0 Å². The van der Waals surface area contributed by atoms with Gasteiger partial charge in [-0.2, -0.15) is 0 Å². The van der Waals surface area contributed by atoms with Crippen LogP contribution in [-0.2, 0) is 9.53 Å². The van der Waals surface area contributed by atoms with E-state index in [1.54, 1.807) is 0 Å². The number of nitrogens with one attached hydrogen (secondary N) is 1. The standard InChI is InChI=1S/C20H22N2O3S2/c1-4-9-25-16(23)11-27-20-21-18(24)17-15(10-26-19(17)22-20)14-7-5-13(6-8-14)12(2)3/h5-8,10,12H,4,9,11H2,1-3H3,(H,21,22,24). The third-order valence-electron chi connectivity index (χ3n) is 4.10. The normalized spacial score (nSPS) is 11.3. The summed E-state index contributed by atoms with van der Waals surface area (Å²) < 4.78 is 5.04. The fourth-order valence-electron chi connectivity index (χ4n) is 2.64. The number of hydrogen-bond donors (Lipinski definition) is 1. The summed E-state index contributed by atoms with van der Waals surface area (Å²) >= 11 is 2.62. The maximum absolute atomic E-state index is 12.6. The van der Waals surface area contributed by atoms with E-state index >= 15 is 0 Å². The molecule has 0 bridgehead atoms. The summed E-state index contributed by atoms with van der Waals surface area (Å²) in [4.78, 5) is 32.2. The van der Waals surface area contributed by atoms with Crippen molar-refractivity contribution in [2.24, 2.45) is 0 Å². The minimum Gasteiger partial charge on any atom is -0.465 e. The Morgan fingerprint density at radius 1 is 1.30 bits per heavy atom. The summed E-state index contributed by atoms with van der Waals surface area (Å²) in [5.74, 6) is 0.289. The first-order valence-electron chi connectivity index (χ1n) is 8.89.